The average Bonchev–Trinajstić information content (AvgIpc) is 2.15. The van der Waals surface area contributed by atoms with Crippen LogP contribution in [0.5, 0.6) is 0 Å². The molecule has 0 bridgehead atoms. The summed E-state index contributed by atoms with van der Waals surface area (Å²) in [5.74, 6) is -0.339. The Balaban J connectivity index is 2.74. The van der Waals surface area contributed by atoms with Crippen molar-refractivity contribution in [3.05, 3.63) is 0 Å². The third-order valence-corrected chi connectivity index (χ3v) is 3.82. The molecule has 1 fully saturated rings. The summed E-state index contributed by atoms with van der Waals surface area (Å²) in [6, 6.07) is 0. The maximum atomic E-state index is 11.5. The van der Waals surface area contributed by atoms with Gasteiger partial charge in [-0.3, -0.25) is 10.1 Å². The highest BCUT2D eigenvalue weighted by atomic mass is 16.4. The van der Waals surface area contributed by atoms with Crippen molar-refractivity contribution in [1.82, 2.24) is 5.32 Å². The Morgan fingerprint density at radius 1 is 1.35 bits per heavy atom. The Bertz CT molecular complexity index is 269. The highest BCUT2D eigenvalue weighted by Gasteiger charge is 2.40. The van der Waals surface area contributed by atoms with Crippen LogP contribution in [0.4, 0.5) is 0 Å². The van der Waals surface area contributed by atoms with Gasteiger partial charge in [0, 0.05) is 5.54 Å². The van der Waals surface area contributed by atoms with Gasteiger partial charge in [0.2, 0.25) is 0 Å². The molecule has 17 heavy (non-hydrogen) atoms. The number of carboxylic acid groups (broad SMARTS) is 1. The summed E-state index contributed by atoms with van der Waals surface area (Å²) in [6.07, 6.45) is 6.56. The van der Waals surface area contributed by atoms with Gasteiger partial charge in [-0.2, -0.15) is 0 Å². The minimum Gasteiger partial charge on any atom is -0.480 e. The molecule has 0 aromatic rings. The van der Waals surface area contributed by atoms with Crippen LogP contribution in [0.1, 0.15) is 66.2 Å². The summed E-state index contributed by atoms with van der Waals surface area (Å²) in [4.78, 5) is 11.5. The first-order chi connectivity index (χ1) is 7.77. The van der Waals surface area contributed by atoms with E-state index in [4.69, 9.17) is 0 Å². The Morgan fingerprint density at radius 2 is 1.88 bits per heavy atom. The summed E-state index contributed by atoms with van der Waals surface area (Å²) in [5.41, 5.74) is -0.791. The van der Waals surface area contributed by atoms with Gasteiger partial charge in [0.25, 0.3) is 0 Å². The maximum absolute atomic E-state index is 11.5. The van der Waals surface area contributed by atoms with Crippen molar-refractivity contribution in [2.24, 2.45) is 5.92 Å². The number of nitrogens with one attached hydrogen (secondary N) is 1. The smallest absolute Gasteiger partial charge is 0.323 e. The number of aliphatic carboxylic acids is 1. The lowest BCUT2D eigenvalue weighted by Gasteiger charge is -2.42. The van der Waals surface area contributed by atoms with Crippen LogP contribution in [0.25, 0.3) is 0 Å². The molecule has 0 spiro atoms. The molecule has 3 nitrogen and oxygen atoms in total. The minimum absolute atomic E-state index is 0.000278. The summed E-state index contributed by atoms with van der Waals surface area (Å²) in [6.45, 7) is 8.15. The van der Waals surface area contributed by atoms with Crippen LogP contribution in [0.3, 0.4) is 0 Å². The Morgan fingerprint density at radius 3 is 2.29 bits per heavy atom. The molecule has 1 atom stereocenters. The zero-order chi connectivity index (χ0) is 13.1. The second-order valence-corrected chi connectivity index (χ2v) is 6.48. The predicted octanol–water partition coefficient (Wildman–Crippen LogP) is 3.19. The van der Waals surface area contributed by atoms with Crippen LogP contribution in [-0.2, 0) is 4.79 Å². The highest BCUT2D eigenvalue weighted by molar-refractivity contribution is 5.78. The predicted molar refractivity (Wildman–Crippen MR) is 70.1 cm³/mol. The average molecular weight is 241 g/mol. The van der Waals surface area contributed by atoms with Gasteiger partial charge in [-0.05, 0) is 39.0 Å². The first kappa shape index (κ1) is 14.5. The van der Waals surface area contributed by atoms with E-state index in [9.17, 15) is 9.90 Å². The van der Waals surface area contributed by atoms with Crippen LogP contribution in [0.15, 0.2) is 0 Å². The van der Waals surface area contributed by atoms with Gasteiger partial charge in [0.05, 0.1) is 0 Å². The summed E-state index contributed by atoms with van der Waals surface area (Å²) >= 11 is 0. The SMILES string of the molecule is CC(C)CC(C)(NC1(C)CCCCC1)C(=O)O. The van der Waals surface area contributed by atoms with Crippen molar-refractivity contribution in [3.63, 3.8) is 0 Å². The quantitative estimate of drug-likeness (QED) is 0.777. The van der Waals surface area contributed by atoms with E-state index in [0.717, 1.165) is 12.8 Å². The molecule has 1 saturated carbocycles. The van der Waals surface area contributed by atoms with Gasteiger partial charge in [-0.1, -0.05) is 33.1 Å². The summed E-state index contributed by atoms with van der Waals surface area (Å²) in [7, 11) is 0. The van der Waals surface area contributed by atoms with Crippen molar-refractivity contribution in [2.75, 3.05) is 0 Å². The van der Waals surface area contributed by atoms with Crippen molar-refractivity contribution >= 4 is 5.97 Å². The molecule has 1 rings (SSSR count). The largest absolute Gasteiger partial charge is 0.480 e. The molecular weight excluding hydrogens is 214 g/mol. The summed E-state index contributed by atoms with van der Waals surface area (Å²) < 4.78 is 0. The zero-order valence-electron chi connectivity index (χ0n) is 11.7. The number of hydrogen-bond acceptors (Lipinski definition) is 2. The van der Waals surface area contributed by atoms with Gasteiger partial charge < -0.3 is 5.11 Å². The van der Waals surface area contributed by atoms with Gasteiger partial charge in [0.15, 0.2) is 0 Å². The van der Waals surface area contributed by atoms with E-state index < -0.39 is 11.5 Å². The van der Waals surface area contributed by atoms with E-state index in [1.165, 1.54) is 19.3 Å². The highest BCUT2D eigenvalue weighted by Crippen LogP contribution is 2.31. The number of hydrogen-bond donors (Lipinski definition) is 2. The summed E-state index contributed by atoms with van der Waals surface area (Å²) in [5, 5.41) is 12.9. The van der Waals surface area contributed by atoms with Crippen molar-refractivity contribution in [1.29, 1.82) is 0 Å². The van der Waals surface area contributed by atoms with Crippen LogP contribution in [0.2, 0.25) is 0 Å². The van der Waals surface area contributed by atoms with Gasteiger partial charge in [0.1, 0.15) is 5.54 Å². The topological polar surface area (TPSA) is 49.3 Å². The van der Waals surface area contributed by atoms with Crippen molar-refractivity contribution in [2.45, 2.75) is 77.3 Å². The molecule has 0 aromatic carbocycles. The first-order valence-corrected chi connectivity index (χ1v) is 6.80. The van der Waals surface area contributed by atoms with E-state index in [1.807, 2.05) is 6.92 Å². The number of carbonyl (C=O) groups is 1. The minimum atomic E-state index is -0.791. The van der Waals surface area contributed by atoms with Crippen LogP contribution >= 0.6 is 0 Å². The standard InChI is InChI=1S/C14H27NO2/c1-11(2)10-14(4,12(16)17)15-13(3)8-6-5-7-9-13/h11,15H,5-10H2,1-4H3,(H,16,17). The maximum Gasteiger partial charge on any atom is 0.323 e. The molecule has 3 heteroatoms. The van der Waals surface area contributed by atoms with Crippen molar-refractivity contribution < 1.29 is 9.90 Å². The molecule has 2 N–H and O–H groups in total. The fraction of sp³-hybridized carbons (Fsp3) is 0.929. The molecule has 1 aliphatic rings. The Kier molecular flexibility index (Phi) is 4.59. The van der Waals surface area contributed by atoms with Crippen LogP contribution < -0.4 is 5.32 Å². The van der Waals surface area contributed by atoms with Crippen LogP contribution in [0, 0.1) is 5.92 Å². The lowest BCUT2D eigenvalue weighted by Crippen LogP contribution is -2.60. The van der Waals surface area contributed by atoms with Gasteiger partial charge >= 0.3 is 5.97 Å². The molecule has 0 radical (unpaired) electrons. The van der Waals surface area contributed by atoms with E-state index in [1.54, 1.807) is 0 Å². The van der Waals surface area contributed by atoms with E-state index in [-0.39, 0.29) is 5.54 Å². The van der Waals surface area contributed by atoms with Gasteiger partial charge in [-0.25, -0.2) is 0 Å². The van der Waals surface area contributed by atoms with Gasteiger partial charge in [-0.15, -0.1) is 0 Å². The van der Waals surface area contributed by atoms with Crippen molar-refractivity contribution in [3.8, 4) is 0 Å². The first-order valence-electron chi connectivity index (χ1n) is 6.80. The lowest BCUT2D eigenvalue weighted by molar-refractivity contribution is -0.146. The van der Waals surface area contributed by atoms with Crippen LogP contribution in [-0.4, -0.2) is 22.2 Å². The molecule has 1 unspecified atom stereocenters. The fourth-order valence-electron chi connectivity index (χ4n) is 3.13. The van der Waals surface area contributed by atoms with E-state index in [2.05, 4.69) is 26.1 Å². The molecule has 0 amide bonds. The molecule has 0 aliphatic heterocycles. The molecule has 0 saturated heterocycles. The zero-order valence-corrected chi connectivity index (χ0v) is 11.7. The third kappa shape index (κ3) is 3.98. The lowest BCUT2D eigenvalue weighted by atomic mass is 9.79. The van der Waals surface area contributed by atoms with E-state index >= 15 is 0 Å². The monoisotopic (exact) mass is 241 g/mol. The Hall–Kier alpha value is -0.570. The molecule has 0 heterocycles. The second-order valence-electron chi connectivity index (χ2n) is 6.48. The molecule has 1 aliphatic carbocycles. The molecular formula is C14H27NO2. The normalized spacial score (nSPS) is 23.4. The number of carboxylic acids is 1. The molecule has 0 aromatic heterocycles. The third-order valence-electron chi connectivity index (χ3n) is 3.82. The molecule has 100 valence electrons. The van der Waals surface area contributed by atoms with E-state index in [0.29, 0.717) is 12.3 Å². The fourth-order valence-corrected chi connectivity index (χ4v) is 3.13. The Labute approximate surface area is 105 Å². The second kappa shape index (κ2) is 5.38. The number of rotatable bonds is 5.